The number of amides is 1. The fourth-order valence-corrected chi connectivity index (χ4v) is 5.95. The molecule has 0 radical (unpaired) electrons. The zero-order valence-electron chi connectivity index (χ0n) is 19.3. The third-order valence-corrected chi connectivity index (χ3v) is 7.60. The minimum absolute atomic E-state index is 0.0341. The van der Waals surface area contributed by atoms with Crippen molar-refractivity contribution in [3.8, 4) is 16.9 Å². The lowest BCUT2D eigenvalue weighted by molar-refractivity contribution is -0.139. The minimum Gasteiger partial charge on any atom is -0.477 e. The molecule has 2 aromatic carbocycles. The predicted octanol–water partition coefficient (Wildman–Crippen LogP) is 4.43. The Hall–Kier alpha value is -3.65. The Morgan fingerprint density at radius 1 is 1.06 bits per heavy atom. The number of carbonyl (C=O) groups excluding carboxylic acids is 1. The summed E-state index contributed by atoms with van der Waals surface area (Å²) in [6.07, 6.45) is 2.66. The molecule has 178 valence electrons. The molecule has 0 saturated carbocycles. The number of carbonyl (C=O) groups is 1. The number of H-pyrrole nitrogens is 1. The van der Waals surface area contributed by atoms with Crippen molar-refractivity contribution in [1.82, 2.24) is 14.9 Å². The molecule has 2 aromatic heterocycles. The number of nitrogens with zero attached hydrogens (tertiary/aromatic N) is 3. The third-order valence-electron chi connectivity index (χ3n) is 6.72. The topological polar surface area (TPSA) is 78.5 Å². The molecule has 1 amide bonds. The Morgan fingerprint density at radius 3 is 2.66 bits per heavy atom. The van der Waals surface area contributed by atoms with Crippen LogP contribution in [0.2, 0.25) is 0 Å². The molecule has 0 spiro atoms. The highest BCUT2D eigenvalue weighted by molar-refractivity contribution is 7.17. The molecule has 6 rings (SSSR count). The third kappa shape index (κ3) is 4.18. The smallest absolute Gasteiger partial charge is 0.265 e. The van der Waals surface area contributed by atoms with Gasteiger partial charge in [-0.05, 0) is 37.0 Å². The van der Waals surface area contributed by atoms with E-state index in [4.69, 9.17) is 9.72 Å². The number of para-hydroxylation sites is 2. The first kappa shape index (κ1) is 21.9. The van der Waals surface area contributed by atoms with Crippen molar-refractivity contribution >= 4 is 33.1 Å². The van der Waals surface area contributed by atoms with Crippen LogP contribution in [0.1, 0.15) is 25.1 Å². The first-order valence-electron chi connectivity index (χ1n) is 12.0. The van der Waals surface area contributed by atoms with E-state index < -0.39 is 6.10 Å². The molecule has 1 unspecified atom stereocenters. The van der Waals surface area contributed by atoms with E-state index in [9.17, 15) is 9.59 Å². The van der Waals surface area contributed by atoms with Crippen LogP contribution in [-0.4, -0.2) is 46.5 Å². The lowest BCUT2D eigenvalue weighted by Gasteiger charge is -2.38. The van der Waals surface area contributed by atoms with Gasteiger partial charge in [-0.25, -0.2) is 4.98 Å². The molecule has 1 fully saturated rings. The number of benzene rings is 2. The van der Waals surface area contributed by atoms with E-state index in [-0.39, 0.29) is 11.5 Å². The van der Waals surface area contributed by atoms with Crippen LogP contribution >= 0.6 is 11.3 Å². The van der Waals surface area contributed by atoms with E-state index in [1.807, 2.05) is 64.9 Å². The Kier molecular flexibility index (Phi) is 5.74. The van der Waals surface area contributed by atoms with Gasteiger partial charge in [0.05, 0.1) is 24.2 Å². The Balaban J connectivity index is 1.30. The molecule has 4 heterocycles. The fraction of sp³-hybridized carbons (Fsp3) is 0.296. The molecule has 0 aliphatic carbocycles. The second-order valence-corrected chi connectivity index (χ2v) is 9.91. The zero-order valence-corrected chi connectivity index (χ0v) is 20.1. The molecule has 1 atom stereocenters. The van der Waals surface area contributed by atoms with Crippen LogP contribution in [0, 0.1) is 0 Å². The van der Waals surface area contributed by atoms with Crippen LogP contribution in [0.25, 0.3) is 21.3 Å². The van der Waals surface area contributed by atoms with E-state index in [1.165, 1.54) is 17.8 Å². The number of likely N-dealkylation sites (tertiary alicyclic amines) is 1. The van der Waals surface area contributed by atoms with Crippen LogP contribution in [-0.2, 0) is 11.3 Å². The van der Waals surface area contributed by atoms with Gasteiger partial charge >= 0.3 is 0 Å². The molecule has 0 bridgehead atoms. The standard InChI is InChI=1S/C27H26N4O3S/c32-25-24-19(18-9-3-1-4-10-18)17-35-26(24)29-23(28-25)16-31-15-22(27(33)30-13-7-2-8-14-30)34-21-12-6-5-11-20(21)31/h1,3-6,9-12,17,22H,2,7-8,13-16H2,(H,28,29,32). The van der Waals surface area contributed by atoms with Gasteiger partial charge in [-0.1, -0.05) is 42.5 Å². The summed E-state index contributed by atoms with van der Waals surface area (Å²) in [6, 6.07) is 17.6. The normalized spacial score (nSPS) is 17.8. The van der Waals surface area contributed by atoms with E-state index in [2.05, 4.69) is 9.88 Å². The van der Waals surface area contributed by atoms with Crippen LogP contribution in [0.3, 0.4) is 0 Å². The number of piperidine rings is 1. The van der Waals surface area contributed by atoms with E-state index >= 15 is 0 Å². The van der Waals surface area contributed by atoms with Gasteiger partial charge in [0.1, 0.15) is 16.4 Å². The van der Waals surface area contributed by atoms with Crippen molar-refractivity contribution < 1.29 is 9.53 Å². The summed E-state index contributed by atoms with van der Waals surface area (Å²) in [4.78, 5) is 38.9. The quantitative estimate of drug-likeness (QED) is 0.462. The fourth-order valence-electron chi connectivity index (χ4n) is 4.98. The number of thiophene rings is 1. The molecular formula is C27H26N4O3S. The van der Waals surface area contributed by atoms with Gasteiger partial charge in [-0.15, -0.1) is 11.3 Å². The van der Waals surface area contributed by atoms with Crippen molar-refractivity contribution in [2.75, 3.05) is 24.5 Å². The molecular weight excluding hydrogens is 460 g/mol. The SMILES string of the molecule is O=C(C1CN(Cc2nc3scc(-c4ccccc4)c3c(=O)[nH]2)c2ccccc2O1)N1CCCCC1. The van der Waals surface area contributed by atoms with Crippen LogP contribution < -0.4 is 15.2 Å². The Labute approximate surface area is 207 Å². The van der Waals surface area contributed by atoms with Crippen molar-refractivity contribution in [2.45, 2.75) is 31.9 Å². The molecule has 35 heavy (non-hydrogen) atoms. The maximum atomic E-state index is 13.2. The van der Waals surface area contributed by atoms with Crippen molar-refractivity contribution in [3.05, 3.63) is 76.2 Å². The van der Waals surface area contributed by atoms with Crippen molar-refractivity contribution in [3.63, 3.8) is 0 Å². The van der Waals surface area contributed by atoms with Gasteiger partial charge in [0.15, 0.2) is 6.10 Å². The summed E-state index contributed by atoms with van der Waals surface area (Å²) in [6.45, 7) is 2.36. The molecule has 4 aromatic rings. The van der Waals surface area contributed by atoms with Gasteiger partial charge in [0.2, 0.25) is 0 Å². The van der Waals surface area contributed by atoms with E-state index in [1.54, 1.807) is 0 Å². The summed E-state index contributed by atoms with van der Waals surface area (Å²) in [5, 5.41) is 2.61. The number of nitrogens with one attached hydrogen (secondary N) is 1. The highest BCUT2D eigenvalue weighted by atomic mass is 32.1. The summed E-state index contributed by atoms with van der Waals surface area (Å²) >= 11 is 1.47. The van der Waals surface area contributed by atoms with Crippen LogP contribution in [0.15, 0.2) is 64.8 Å². The molecule has 8 heteroatoms. The van der Waals surface area contributed by atoms with Crippen molar-refractivity contribution in [2.24, 2.45) is 0 Å². The first-order valence-corrected chi connectivity index (χ1v) is 12.9. The van der Waals surface area contributed by atoms with Gasteiger partial charge in [-0.2, -0.15) is 0 Å². The van der Waals surface area contributed by atoms with Crippen LogP contribution in [0.5, 0.6) is 5.75 Å². The monoisotopic (exact) mass is 486 g/mol. The second-order valence-electron chi connectivity index (χ2n) is 9.05. The number of fused-ring (bicyclic) bond motifs is 2. The number of hydrogen-bond acceptors (Lipinski definition) is 6. The highest BCUT2D eigenvalue weighted by Crippen LogP contribution is 2.35. The second kappa shape index (κ2) is 9.19. The predicted molar refractivity (Wildman–Crippen MR) is 138 cm³/mol. The minimum atomic E-state index is -0.579. The number of aromatic nitrogens is 2. The summed E-state index contributed by atoms with van der Waals surface area (Å²) < 4.78 is 6.14. The summed E-state index contributed by atoms with van der Waals surface area (Å²) in [5.41, 5.74) is 2.65. The maximum Gasteiger partial charge on any atom is 0.265 e. The zero-order chi connectivity index (χ0) is 23.8. The first-order chi connectivity index (χ1) is 17.2. The molecule has 1 saturated heterocycles. The number of rotatable bonds is 4. The number of ether oxygens (including phenoxy) is 1. The molecule has 2 aliphatic rings. The maximum absolute atomic E-state index is 13.2. The van der Waals surface area contributed by atoms with Gasteiger partial charge < -0.3 is 19.5 Å². The van der Waals surface area contributed by atoms with Crippen LogP contribution in [0.4, 0.5) is 5.69 Å². The average Bonchev–Trinajstić information content (AvgIpc) is 3.34. The summed E-state index contributed by atoms with van der Waals surface area (Å²) in [5.74, 6) is 1.29. The molecule has 7 nitrogen and oxygen atoms in total. The lowest BCUT2D eigenvalue weighted by atomic mass is 10.1. The number of hydrogen-bond donors (Lipinski definition) is 1. The largest absolute Gasteiger partial charge is 0.477 e. The average molecular weight is 487 g/mol. The van der Waals surface area contributed by atoms with Gasteiger partial charge in [0, 0.05) is 24.0 Å². The molecule has 1 N–H and O–H groups in total. The van der Waals surface area contributed by atoms with Crippen molar-refractivity contribution in [1.29, 1.82) is 0 Å². The molecule has 2 aliphatic heterocycles. The Bertz CT molecular complexity index is 1430. The van der Waals surface area contributed by atoms with Gasteiger partial charge in [-0.3, -0.25) is 9.59 Å². The number of aromatic amines is 1. The summed E-state index contributed by atoms with van der Waals surface area (Å²) in [7, 11) is 0. The van der Waals surface area contributed by atoms with E-state index in [0.29, 0.717) is 34.9 Å². The number of anilines is 1. The van der Waals surface area contributed by atoms with Gasteiger partial charge in [0.25, 0.3) is 11.5 Å². The Morgan fingerprint density at radius 2 is 1.83 bits per heavy atom. The highest BCUT2D eigenvalue weighted by Gasteiger charge is 2.34. The van der Waals surface area contributed by atoms with E-state index in [0.717, 1.165) is 42.7 Å². The lowest BCUT2D eigenvalue weighted by Crippen LogP contribution is -2.51.